The second-order valence-electron chi connectivity index (χ2n) is 5.66. The maximum atomic E-state index is 9.08. The van der Waals surface area contributed by atoms with E-state index in [2.05, 4.69) is 10.3 Å². The first-order chi connectivity index (χ1) is 14.3. The van der Waals surface area contributed by atoms with Crippen molar-refractivity contribution in [3.63, 3.8) is 0 Å². The van der Waals surface area contributed by atoms with Crippen LogP contribution in [-0.4, -0.2) is 61.3 Å². The molecular formula is C16H22N4O9S2. The lowest BCUT2D eigenvalue weighted by atomic mass is 10.3. The van der Waals surface area contributed by atoms with Gasteiger partial charge in [-0.3, -0.25) is 4.74 Å². The molecule has 0 atom stereocenters. The Morgan fingerprint density at radius 3 is 1.48 bits per heavy atom. The van der Waals surface area contributed by atoms with Crippen molar-refractivity contribution in [3.8, 4) is 0 Å². The van der Waals surface area contributed by atoms with Crippen molar-refractivity contribution < 1.29 is 50.2 Å². The third kappa shape index (κ3) is 20.1. The highest BCUT2D eigenvalue weighted by Gasteiger charge is 2.05. The molecule has 2 rings (SSSR count). The number of pyridine rings is 2. The topological polar surface area (TPSA) is 197 Å². The molecule has 0 spiro atoms. The van der Waals surface area contributed by atoms with E-state index in [1.54, 1.807) is 12.4 Å². The zero-order chi connectivity index (χ0) is 23.9. The number of ether oxygens (including phenoxy) is 1. The van der Waals surface area contributed by atoms with Crippen molar-refractivity contribution in [3.05, 3.63) is 60.2 Å². The largest absolute Gasteiger partial charge is 0.748 e. The Labute approximate surface area is 179 Å². The Kier molecular flexibility index (Phi) is 12.7. The van der Waals surface area contributed by atoms with Crippen LogP contribution in [0, 0.1) is 0 Å². The summed E-state index contributed by atoms with van der Waals surface area (Å²) in [6, 6.07) is 7.32. The first-order valence-electron chi connectivity index (χ1n) is 8.04. The summed E-state index contributed by atoms with van der Waals surface area (Å²) in [4.78, 5) is 0. The molecule has 31 heavy (non-hydrogen) atoms. The smallest absolute Gasteiger partial charge is 0.257 e. The summed E-state index contributed by atoms with van der Waals surface area (Å²) in [7, 11) is -7.83. The minimum absolute atomic E-state index is 0.360. The monoisotopic (exact) mass is 478 g/mol. The van der Waals surface area contributed by atoms with Gasteiger partial charge in [0.05, 0.1) is 43.8 Å². The fraction of sp³-hybridized carbons (Fsp3) is 0.250. The van der Waals surface area contributed by atoms with Gasteiger partial charge in [0.2, 0.25) is 0 Å². The van der Waals surface area contributed by atoms with Gasteiger partial charge in [-0.2, -0.15) is 9.13 Å². The molecule has 0 saturated carbocycles. The van der Waals surface area contributed by atoms with E-state index in [4.69, 9.17) is 41.1 Å². The molecule has 0 bridgehead atoms. The average Bonchev–Trinajstić information content (AvgIpc) is 2.60. The number of aromatic nitrogens is 2. The Hall–Kier alpha value is -2.98. The van der Waals surface area contributed by atoms with Crippen LogP contribution < -0.4 is 9.13 Å². The molecule has 2 N–H and O–H groups in total. The van der Waals surface area contributed by atoms with Crippen molar-refractivity contribution in [1.82, 2.24) is 0 Å². The van der Waals surface area contributed by atoms with Gasteiger partial charge in [-0.1, -0.05) is 10.3 Å². The summed E-state index contributed by atoms with van der Waals surface area (Å²) in [6.07, 6.45) is 11.2. The Bertz CT molecular complexity index is 971. The molecule has 13 nitrogen and oxygen atoms in total. The van der Waals surface area contributed by atoms with Gasteiger partial charge in [0.25, 0.3) is 13.5 Å². The summed E-state index contributed by atoms with van der Waals surface area (Å²) in [6.45, 7) is 0.719. The van der Waals surface area contributed by atoms with E-state index in [0.717, 1.165) is 11.1 Å². The van der Waals surface area contributed by atoms with Crippen molar-refractivity contribution in [2.75, 3.05) is 12.5 Å². The molecule has 0 amide bonds. The van der Waals surface area contributed by atoms with Crippen LogP contribution in [0.15, 0.2) is 59.4 Å². The fourth-order valence-corrected chi connectivity index (χ4v) is 1.78. The van der Waals surface area contributed by atoms with Crippen molar-refractivity contribution >= 4 is 32.7 Å². The van der Waals surface area contributed by atoms with Crippen LogP contribution >= 0.6 is 0 Å². The first-order valence-corrected chi connectivity index (χ1v) is 11.7. The first kappa shape index (κ1) is 28.0. The molecule has 0 unspecified atom stereocenters. The number of rotatable bonds is 6. The van der Waals surface area contributed by atoms with Gasteiger partial charge >= 0.3 is 0 Å². The molecule has 0 aliphatic heterocycles. The van der Waals surface area contributed by atoms with E-state index in [0.29, 0.717) is 26.0 Å². The molecule has 15 heteroatoms. The summed E-state index contributed by atoms with van der Waals surface area (Å²) >= 11 is 0. The van der Waals surface area contributed by atoms with E-state index in [9.17, 15) is 0 Å². The van der Waals surface area contributed by atoms with Gasteiger partial charge in [-0.25, -0.2) is 16.8 Å². The Balaban J connectivity index is 0.000000752. The average molecular weight is 479 g/mol. The van der Waals surface area contributed by atoms with Crippen LogP contribution in [0.1, 0.15) is 11.1 Å². The van der Waals surface area contributed by atoms with Crippen LogP contribution in [0.2, 0.25) is 0 Å². The van der Waals surface area contributed by atoms with E-state index >= 15 is 0 Å². The molecule has 0 aromatic carbocycles. The second kappa shape index (κ2) is 14.1. The van der Waals surface area contributed by atoms with Crippen molar-refractivity contribution in [2.24, 2.45) is 10.3 Å². The van der Waals surface area contributed by atoms with Gasteiger partial charge in [0.15, 0.2) is 24.8 Å². The zero-order valence-corrected chi connectivity index (χ0v) is 18.2. The maximum absolute atomic E-state index is 9.08. The summed E-state index contributed by atoms with van der Waals surface area (Å²) in [5.74, 6) is 0. The van der Waals surface area contributed by atoms with Crippen molar-refractivity contribution in [1.29, 1.82) is 0 Å². The number of oxime groups is 2. The molecule has 0 radical (unpaired) electrons. The summed E-state index contributed by atoms with van der Waals surface area (Å²) in [5, 5.41) is 23.0. The lowest BCUT2D eigenvalue weighted by molar-refractivity contribution is -0.788. The summed E-state index contributed by atoms with van der Waals surface area (Å²) < 4.78 is 63.7. The zero-order valence-electron chi connectivity index (χ0n) is 16.5. The molecule has 0 fully saturated rings. The predicted octanol–water partition coefficient (Wildman–Crippen LogP) is -1.17. The molecular weight excluding hydrogens is 456 g/mol. The standard InChI is InChI=1S/C14H14N4O3.2CH4O3S/c19-15-7-13-3-1-5-17(9-13)11-21-12-18-6-2-4-14(10-18)8-16-20;2*1-5(2,3)4/h1-10H,11-12H2;2*1H3,(H,2,3,4)/b15-7-,16-8+;;. The quantitative estimate of drug-likeness (QED) is 0.169. The van der Waals surface area contributed by atoms with Gasteiger partial charge in [0, 0.05) is 24.6 Å². The van der Waals surface area contributed by atoms with Crippen LogP contribution in [-0.2, 0) is 38.4 Å². The maximum Gasteiger partial charge on any atom is 0.257 e. The van der Waals surface area contributed by atoms with Gasteiger partial charge < -0.3 is 19.5 Å². The van der Waals surface area contributed by atoms with E-state index in [1.165, 1.54) is 12.4 Å². The van der Waals surface area contributed by atoms with Crippen LogP contribution in [0.25, 0.3) is 0 Å². The lowest BCUT2D eigenvalue weighted by Gasteiger charge is -1.99. The Morgan fingerprint density at radius 1 is 0.871 bits per heavy atom. The fourth-order valence-electron chi connectivity index (χ4n) is 1.78. The minimum Gasteiger partial charge on any atom is -0.748 e. The van der Waals surface area contributed by atoms with E-state index in [1.807, 2.05) is 45.8 Å². The highest BCUT2D eigenvalue weighted by Crippen LogP contribution is 1.91. The molecule has 0 aliphatic carbocycles. The predicted molar refractivity (Wildman–Crippen MR) is 104 cm³/mol. The molecule has 2 heterocycles. The molecule has 0 saturated heterocycles. The molecule has 0 aliphatic rings. The third-order valence-corrected chi connectivity index (χ3v) is 2.66. The van der Waals surface area contributed by atoms with Gasteiger partial charge in [-0.15, -0.1) is 0 Å². The van der Waals surface area contributed by atoms with E-state index < -0.39 is 20.2 Å². The molecule has 2 aromatic heterocycles. The number of hydrogen-bond acceptors (Lipinski definition) is 11. The number of hydrogen-bond donors (Lipinski definition) is 2. The van der Waals surface area contributed by atoms with Gasteiger partial charge in [-0.05, 0) is 12.1 Å². The normalized spacial score (nSPS) is 11.5. The molecule has 2 aromatic rings. The van der Waals surface area contributed by atoms with E-state index in [-0.39, 0.29) is 0 Å². The molecule has 172 valence electrons. The highest BCUT2D eigenvalue weighted by atomic mass is 32.2. The third-order valence-electron chi connectivity index (χ3n) is 2.66. The summed E-state index contributed by atoms with van der Waals surface area (Å²) in [5.41, 5.74) is 1.55. The second-order valence-corrected chi connectivity index (χ2v) is 8.48. The van der Waals surface area contributed by atoms with Crippen LogP contribution in [0.3, 0.4) is 0 Å². The number of nitrogens with zero attached hydrogens (tertiary/aromatic N) is 4. The van der Waals surface area contributed by atoms with Crippen LogP contribution in [0.5, 0.6) is 0 Å². The lowest BCUT2D eigenvalue weighted by Crippen LogP contribution is -2.40. The van der Waals surface area contributed by atoms with Crippen LogP contribution in [0.4, 0.5) is 0 Å². The van der Waals surface area contributed by atoms with Crippen molar-refractivity contribution in [2.45, 2.75) is 13.5 Å². The van der Waals surface area contributed by atoms with Gasteiger partial charge in [0.1, 0.15) is 0 Å². The SMILES string of the molecule is CS(=O)(=O)[O-].CS(=O)(=O)[O-].O/N=C\c1ccc[n+](COC[n+]2cccc(/C=N/O)c2)c1. The Morgan fingerprint density at radius 2 is 1.19 bits per heavy atom. The highest BCUT2D eigenvalue weighted by molar-refractivity contribution is 7.85. The minimum atomic E-state index is -3.92.